The number of carbonyl (C=O) groups is 1. The van der Waals surface area contributed by atoms with Crippen LogP contribution in [0.5, 0.6) is 0 Å². The summed E-state index contributed by atoms with van der Waals surface area (Å²) in [5, 5.41) is 8.00. The van der Waals surface area contributed by atoms with E-state index in [1.54, 1.807) is 24.0 Å². The minimum absolute atomic E-state index is 0.0611. The summed E-state index contributed by atoms with van der Waals surface area (Å²) < 4.78 is 0. The second-order valence-electron chi connectivity index (χ2n) is 4.20. The van der Waals surface area contributed by atoms with Crippen LogP contribution in [0.3, 0.4) is 0 Å². The van der Waals surface area contributed by atoms with E-state index < -0.39 is 6.04 Å². The number of halogens is 1. The van der Waals surface area contributed by atoms with Crippen molar-refractivity contribution in [2.75, 3.05) is 0 Å². The first-order valence-corrected chi connectivity index (χ1v) is 5.83. The van der Waals surface area contributed by atoms with Gasteiger partial charge >= 0.3 is 0 Å². The minimum Gasteiger partial charge on any atom is -0.333 e. The van der Waals surface area contributed by atoms with Crippen LogP contribution in [0.1, 0.15) is 26.5 Å². The van der Waals surface area contributed by atoms with Gasteiger partial charge in [-0.2, -0.15) is 5.10 Å². The topological polar surface area (TPSA) is 72.1 Å². The first kappa shape index (κ1) is 13.9. The highest BCUT2D eigenvalue weighted by Crippen LogP contribution is 2.09. The summed E-state index contributed by atoms with van der Waals surface area (Å²) in [5.74, 6) is -0.100. The summed E-state index contributed by atoms with van der Waals surface area (Å²) >= 11 is 5.65. The summed E-state index contributed by atoms with van der Waals surface area (Å²) in [7, 11) is 0. The highest BCUT2D eigenvalue weighted by molar-refractivity contribution is 6.29. The van der Waals surface area contributed by atoms with Crippen LogP contribution in [0.2, 0.25) is 5.15 Å². The Morgan fingerprint density at radius 3 is 2.47 bits per heavy atom. The van der Waals surface area contributed by atoms with Crippen molar-refractivity contribution in [1.29, 1.82) is 0 Å². The second-order valence-corrected chi connectivity index (χ2v) is 4.58. The van der Waals surface area contributed by atoms with Gasteiger partial charge in [-0.25, -0.2) is 0 Å². The maximum atomic E-state index is 11.9. The van der Waals surface area contributed by atoms with E-state index in [0.717, 1.165) is 0 Å². The molecule has 0 spiro atoms. The molecule has 0 aromatic carbocycles. The van der Waals surface area contributed by atoms with Crippen LogP contribution in [0.25, 0.3) is 0 Å². The Bertz CT molecular complexity index is 378. The van der Waals surface area contributed by atoms with Crippen LogP contribution in [-0.4, -0.2) is 33.1 Å². The largest absolute Gasteiger partial charge is 0.333 e. The smallest absolute Gasteiger partial charge is 0.239 e. The van der Waals surface area contributed by atoms with Gasteiger partial charge in [-0.05, 0) is 32.9 Å². The zero-order valence-corrected chi connectivity index (χ0v) is 11.0. The molecule has 0 aliphatic carbocycles. The molecule has 1 rings (SSSR count). The first-order valence-electron chi connectivity index (χ1n) is 5.46. The lowest BCUT2D eigenvalue weighted by Crippen LogP contribution is -2.45. The highest BCUT2D eigenvalue weighted by Gasteiger charge is 2.20. The van der Waals surface area contributed by atoms with Gasteiger partial charge in [-0.3, -0.25) is 4.79 Å². The van der Waals surface area contributed by atoms with E-state index in [1.807, 2.05) is 13.8 Å². The van der Waals surface area contributed by atoms with Gasteiger partial charge in [0, 0.05) is 6.04 Å². The molecule has 6 heteroatoms. The SMILES string of the molecule is CC(C)N(Cc1ccc(Cl)nn1)C(=O)[C@H](C)N. The van der Waals surface area contributed by atoms with Gasteiger partial charge in [-0.1, -0.05) is 11.6 Å². The fourth-order valence-electron chi connectivity index (χ4n) is 1.38. The number of nitrogens with zero attached hydrogens (tertiary/aromatic N) is 3. The summed E-state index contributed by atoms with van der Waals surface area (Å²) in [4.78, 5) is 13.6. The molecular weight excluding hydrogens is 240 g/mol. The maximum absolute atomic E-state index is 11.9. The molecule has 1 aromatic heterocycles. The molecule has 1 aromatic rings. The predicted molar refractivity (Wildman–Crippen MR) is 66.4 cm³/mol. The van der Waals surface area contributed by atoms with Gasteiger partial charge in [-0.15, -0.1) is 5.10 Å². The Morgan fingerprint density at radius 2 is 2.06 bits per heavy atom. The maximum Gasteiger partial charge on any atom is 0.239 e. The van der Waals surface area contributed by atoms with E-state index in [-0.39, 0.29) is 11.9 Å². The number of rotatable bonds is 4. The molecule has 0 aliphatic heterocycles. The third-order valence-electron chi connectivity index (χ3n) is 2.32. The molecule has 94 valence electrons. The van der Waals surface area contributed by atoms with Crippen LogP contribution in [0.15, 0.2) is 12.1 Å². The zero-order chi connectivity index (χ0) is 13.0. The number of hydrogen-bond donors (Lipinski definition) is 1. The number of aromatic nitrogens is 2. The van der Waals surface area contributed by atoms with E-state index in [1.165, 1.54) is 0 Å². The van der Waals surface area contributed by atoms with Crippen LogP contribution in [-0.2, 0) is 11.3 Å². The Balaban J connectivity index is 2.80. The minimum atomic E-state index is -0.516. The van der Waals surface area contributed by atoms with E-state index >= 15 is 0 Å². The number of nitrogens with two attached hydrogens (primary N) is 1. The third-order valence-corrected chi connectivity index (χ3v) is 2.52. The summed E-state index contributed by atoms with van der Waals surface area (Å²) in [5.41, 5.74) is 6.30. The van der Waals surface area contributed by atoms with Crippen molar-refractivity contribution < 1.29 is 4.79 Å². The lowest BCUT2D eigenvalue weighted by atomic mass is 10.2. The Kier molecular flexibility index (Phi) is 4.84. The van der Waals surface area contributed by atoms with E-state index in [9.17, 15) is 4.79 Å². The van der Waals surface area contributed by atoms with E-state index in [0.29, 0.717) is 17.4 Å². The van der Waals surface area contributed by atoms with Crippen molar-refractivity contribution in [3.63, 3.8) is 0 Å². The number of amides is 1. The van der Waals surface area contributed by atoms with Crippen molar-refractivity contribution in [3.8, 4) is 0 Å². The molecular formula is C11H17ClN4O. The lowest BCUT2D eigenvalue weighted by Gasteiger charge is -2.27. The van der Waals surface area contributed by atoms with Gasteiger partial charge in [0.2, 0.25) is 5.91 Å². The molecule has 0 aliphatic rings. The Labute approximate surface area is 106 Å². The monoisotopic (exact) mass is 256 g/mol. The zero-order valence-electron chi connectivity index (χ0n) is 10.2. The molecule has 2 N–H and O–H groups in total. The van der Waals surface area contributed by atoms with Crippen molar-refractivity contribution >= 4 is 17.5 Å². The molecule has 5 nitrogen and oxygen atoms in total. The van der Waals surface area contributed by atoms with Crippen molar-refractivity contribution in [2.45, 2.75) is 39.4 Å². The third kappa shape index (κ3) is 3.94. The quantitative estimate of drug-likeness (QED) is 0.879. The Morgan fingerprint density at radius 1 is 1.41 bits per heavy atom. The molecule has 1 atom stereocenters. The number of hydrogen-bond acceptors (Lipinski definition) is 4. The predicted octanol–water partition coefficient (Wildman–Crippen LogP) is 1.21. The molecule has 1 amide bonds. The summed E-state index contributed by atoms with van der Waals surface area (Å²) in [6.45, 7) is 5.93. The van der Waals surface area contributed by atoms with Gasteiger partial charge < -0.3 is 10.6 Å². The van der Waals surface area contributed by atoms with Crippen LogP contribution >= 0.6 is 11.6 Å². The first-order chi connectivity index (χ1) is 7.91. The average molecular weight is 257 g/mol. The normalized spacial score (nSPS) is 12.6. The molecule has 0 fully saturated rings. The van der Waals surface area contributed by atoms with Crippen LogP contribution in [0, 0.1) is 0 Å². The average Bonchev–Trinajstić information content (AvgIpc) is 2.26. The fraction of sp³-hybridized carbons (Fsp3) is 0.545. The van der Waals surface area contributed by atoms with E-state index in [2.05, 4.69) is 10.2 Å². The molecule has 0 radical (unpaired) electrons. The van der Waals surface area contributed by atoms with Gasteiger partial charge in [0.05, 0.1) is 18.3 Å². The van der Waals surface area contributed by atoms with Crippen LogP contribution < -0.4 is 5.73 Å². The summed E-state index contributed by atoms with van der Waals surface area (Å²) in [6.07, 6.45) is 0. The molecule has 17 heavy (non-hydrogen) atoms. The van der Waals surface area contributed by atoms with Gasteiger partial charge in [0.1, 0.15) is 0 Å². The summed E-state index contributed by atoms with van der Waals surface area (Å²) in [6, 6.07) is 2.95. The fourth-order valence-corrected chi connectivity index (χ4v) is 1.48. The Hall–Kier alpha value is -1.20. The van der Waals surface area contributed by atoms with E-state index in [4.69, 9.17) is 17.3 Å². The molecule has 0 unspecified atom stereocenters. The lowest BCUT2D eigenvalue weighted by molar-refractivity contribution is -0.134. The number of carbonyl (C=O) groups excluding carboxylic acids is 1. The molecule has 1 heterocycles. The molecule has 0 bridgehead atoms. The second kappa shape index (κ2) is 5.93. The van der Waals surface area contributed by atoms with Crippen LogP contribution in [0.4, 0.5) is 0 Å². The molecule has 0 saturated carbocycles. The van der Waals surface area contributed by atoms with Crippen molar-refractivity contribution in [1.82, 2.24) is 15.1 Å². The van der Waals surface area contributed by atoms with Gasteiger partial charge in [0.15, 0.2) is 5.15 Å². The van der Waals surface area contributed by atoms with Crippen molar-refractivity contribution in [2.24, 2.45) is 5.73 Å². The van der Waals surface area contributed by atoms with Crippen molar-refractivity contribution in [3.05, 3.63) is 23.0 Å². The standard InChI is InChI=1S/C11H17ClN4O/c1-7(2)16(11(17)8(3)13)6-9-4-5-10(12)15-14-9/h4-5,7-8H,6,13H2,1-3H3/t8-/m0/s1. The molecule has 0 saturated heterocycles. The van der Waals surface area contributed by atoms with Gasteiger partial charge in [0.25, 0.3) is 0 Å². The highest BCUT2D eigenvalue weighted by atomic mass is 35.5.